The van der Waals surface area contributed by atoms with Crippen LogP contribution in [0, 0.1) is 12.3 Å². The number of fused-ring (bicyclic) bond motifs is 2. The number of hydrogen-bond donors (Lipinski definition) is 1. The van der Waals surface area contributed by atoms with Gasteiger partial charge < -0.3 is 19.1 Å². The minimum absolute atomic E-state index is 0.0202. The number of aromatic amines is 1. The normalized spacial score (nSPS) is 29.3. The molecule has 13 heteroatoms. The minimum Gasteiger partial charge on any atom is -0.461 e. The zero-order valence-corrected chi connectivity index (χ0v) is 25.9. The van der Waals surface area contributed by atoms with Gasteiger partial charge in [-0.25, -0.2) is 9.18 Å². The fourth-order valence-corrected chi connectivity index (χ4v) is 8.95. The van der Waals surface area contributed by atoms with Gasteiger partial charge in [-0.3, -0.25) is 10.00 Å². The van der Waals surface area contributed by atoms with E-state index in [9.17, 15) is 9.18 Å². The Bertz CT molecular complexity index is 1860. The lowest BCUT2D eigenvalue weighted by Crippen LogP contribution is -2.53. The summed E-state index contributed by atoms with van der Waals surface area (Å²) < 4.78 is 32.3. The second kappa shape index (κ2) is 10.4. The lowest BCUT2D eigenvalue weighted by molar-refractivity contribution is -0.0717. The molecular weight excluding hydrogens is 591 g/mol. The molecule has 11 rings (SSSR count). The van der Waals surface area contributed by atoms with E-state index >= 15 is 0 Å². The summed E-state index contributed by atoms with van der Waals surface area (Å²) in [5.74, 6) is 0.694. The first-order chi connectivity index (χ1) is 22.4. The molecule has 1 N–H and O–H groups in total. The van der Waals surface area contributed by atoms with Gasteiger partial charge in [0.05, 0.1) is 29.6 Å². The molecule has 9 heterocycles. The van der Waals surface area contributed by atoms with E-state index in [1.165, 1.54) is 0 Å². The van der Waals surface area contributed by atoms with Crippen LogP contribution < -0.4 is 9.64 Å². The average Bonchev–Trinajstić information content (AvgIpc) is 3.72. The van der Waals surface area contributed by atoms with Gasteiger partial charge in [0, 0.05) is 43.4 Å². The first-order valence-corrected chi connectivity index (χ1v) is 16.5. The zero-order chi connectivity index (χ0) is 31.0. The summed E-state index contributed by atoms with van der Waals surface area (Å²) >= 11 is 0. The van der Waals surface area contributed by atoms with Crippen molar-refractivity contribution in [1.82, 2.24) is 35.3 Å². The molecule has 0 radical (unpaired) electrons. The smallest absolute Gasteiger partial charge is 0.461 e. The van der Waals surface area contributed by atoms with Crippen LogP contribution in [-0.2, 0) is 15.9 Å². The number of aromatic nitrogens is 6. The van der Waals surface area contributed by atoms with Crippen molar-refractivity contribution in [3.63, 3.8) is 0 Å². The van der Waals surface area contributed by atoms with Crippen molar-refractivity contribution in [1.29, 1.82) is 0 Å². The van der Waals surface area contributed by atoms with Crippen molar-refractivity contribution in [2.45, 2.75) is 76.1 Å². The maximum atomic E-state index is 14.5. The molecule has 0 amide bonds. The van der Waals surface area contributed by atoms with E-state index in [4.69, 9.17) is 34.4 Å². The standard InChI is InChI=1S/C33H37FN8O4/c1-19-10-24-23(15-35-38-24)27-22(19)4-9-44-31(43)46-21-13-32(14-21)5-2-7-41(17-32)29-28-26(11-25(27)39-40-28)36-30(37-29)45-18-33-6-3-8-42(33)16-20(34)12-33/h10-11,15,20-21H,2-9,12-14,16-18H2,1H3,(H,35,38)/t20-,21?,32?,33+/m1/s1. The third-order valence-electron chi connectivity index (χ3n) is 11.1. The molecule has 6 aliphatic heterocycles. The fraction of sp³-hybridized carbons (Fsp3) is 0.576. The number of piperidine rings is 1. The Morgan fingerprint density at radius 1 is 1.13 bits per heavy atom. The van der Waals surface area contributed by atoms with Gasteiger partial charge in [0.15, 0.2) is 11.3 Å². The topological polar surface area (TPSA) is 131 Å². The molecular formula is C33H37FN8O4. The Kier molecular flexibility index (Phi) is 6.38. The molecule has 1 saturated carbocycles. The highest BCUT2D eigenvalue weighted by Gasteiger charge is 2.50. The summed E-state index contributed by atoms with van der Waals surface area (Å²) in [5, 5.41) is 17.8. The molecule has 3 saturated heterocycles. The Morgan fingerprint density at radius 3 is 2.93 bits per heavy atom. The van der Waals surface area contributed by atoms with Gasteiger partial charge >= 0.3 is 12.2 Å². The van der Waals surface area contributed by atoms with Gasteiger partial charge in [-0.2, -0.15) is 15.1 Å². The highest BCUT2D eigenvalue weighted by atomic mass is 19.1. The van der Waals surface area contributed by atoms with E-state index in [2.05, 4.69) is 20.0 Å². The van der Waals surface area contributed by atoms with E-state index in [1.807, 2.05) is 19.1 Å². The van der Waals surface area contributed by atoms with E-state index in [0.717, 1.165) is 85.8 Å². The zero-order valence-electron chi connectivity index (χ0n) is 25.9. The van der Waals surface area contributed by atoms with Crippen molar-refractivity contribution in [2.24, 2.45) is 5.41 Å². The monoisotopic (exact) mass is 628 g/mol. The number of nitrogens with zero attached hydrogens (tertiary/aromatic N) is 7. The molecule has 12 nitrogen and oxygen atoms in total. The number of rotatable bonds is 3. The number of aryl methyl sites for hydroxylation is 1. The van der Waals surface area contributed by atoms with Crippen molar-refractivity contribution in [3.05, 3.63) is 29.5 Å². The van der Waals surface area contributed by atoms with Crippen LogP contribution in [0.15, 0.2) is 18.3 Å². The van der Waals surface area contributed by atoms with Crippen LogP contribution in [-0.4, -0.2) is 98.6 Å². The summed E-state index contributed by atoms with van der Waals surface area (Å²) in [4.78, 5) is 27.0. The van der Waals surface area contributed by atoms with Gasteiger partial charge in [0.2, 0.25) is 0 Å². The lowest BCUT2D eigenvalue weighted by Gasteiger charge is -2.52. The molecule has 0 unspecified atom stereocenters. The van der Waals surface area contributed by atoms with Crippen LogP contribution in [0.25, 0.3) is 33.2 Å². The number of anilines is 1. The number of ether oxygens (including phenoxy) is 3. The largest absolute Gasteiger partial charge is 0.508 e. The summed E-state index contributed by atoms with van der Waals surface area (Å²) in [6.07, 6.45) is 6.65. The summed E-state index contributed by atoms with van der Waals surface area (Å²) in [6.45, 7) is 5.47. The van der Waals surface area contributed by atoms with Crippen molar-refractivity contribution in [3.8, 4) is 17.3 Å². The maximum absolute atomic E-state index is 14.5. The highest BCUT2D eigenvalue weighted by Crippen LogP contribution is 2.50. The van der Waals surface area contributed by atoms with Crippen LogP contribution in [0.3, 0.4) is 0 Å². The average molecular weight is 629 g/mol. The van der Waals surface area contributed by atoms with Crippen LogP contribution in [0.4, 0.5) is 15.0 Å². The molecule has 4 aromatic rings. The summed E-state index contributed by atoms with van der Waals surface area (Å²) in [6, 6.07) is 4.26. The molecule has 1 aromatic carbocycles. The Labute approximate surface area is 265 Å². The van der Waals surface area contributed by atoms with E-state index in [-0.39, 0.29) is 29.7 Å². The van der Waals surface area contributed by atoms with Gasteiger partial charge in [-0.1, -0.05) is 0 Å². The van der Waals surface area contributed by atoms with E-state index < -0.39 is 12.3 Å². The van der Waals surface area contributed by atoms with Crippen molar-refractivity contribution in [2.75, 3.05) is 44.3 Å². The molecule has 3 aromatic heterocycles. The molecule has 2 atom stereocenters. The SMILES string of the molecule is Cc1cc2[nH]ncc2c2c1CCOC(=O)OC1CC3(CCCN(C3)c3nc(OC[C@@]45CCCN4C[C@H](F)C5)nc4cc-2nnc34)C1. The predicted octanol–water partition coefficient (Wildman–Crippen LogP) is 4.69. The molecule has 4 fully saturated rings. The van der Waals surface area contributed by atoms with Gasteiger partial charge in [0.25, 0.3) is 0 Å². The number of carbonyl (C=O) groups excluding carboxylic acids is 1. The first-order valence-electron chi connectivity index (χ1n) is 16.5. The molecule has 240 valence electrons. The number of alkyl halides is 1. The molecule has 1 spiro atoms. The summed E-state index contributed by atoms with van der Waals surface area (Å²) in [7, 11) is 0. The third kappa shape index (κ3) is 4.57. The van der Waals surface area contributed by atoms with Crippen molar-refractivity contribution >= 4 is 33.9 Å². The summed E-state index contributed by atoms with van der Waals surface area (Å²) in [5.41, 5.74) is 5.32. The number of H-pyrrole nitrogens is 1. The molecule has 46 heavy (non-hydrogen) atoms. The third-order valence-corrected chi connectivity index (χ3v) is 11.1. The van der Waals surface area contributed by atoms with E-state index in [0.29, 0.717) is 48.5 Å². The van der Waals surface area contributed by atoms with Gasteiger partial charge in [0.1, 0.15) is 24.4 Å². The van der Waals surface area contributed by atoms with Crippen LogP contribution in [0.1, 0.15) is 56.1 Å². The van der Waals surface area contributed by atoms with Gasteiger partial charge in [-0.05, 0) is 80.7 Å². The Morgan fingerprint density at radius 2 is 2.02 bits per heavy atom. The number of hydrogen-bond acceptors (Lipinski definition) is 11. The van der Waals surface area contributed by atoms with E-state index in [1.54, 1.807) is 6.20 Å². The Hall–Kier alpha value is -4.13. The number of benzene rings is 1. The molecule has 7 bridgehead atoms. The highest BCUT2D eigenvalue weighted by molar-refractivity contribution is 5.98. The maximum Gasteiger partial charge on any atom is 0.508 e. The van der Waals surface area contributed by atoms with Crippen LogP contribution in [0.5, 0.6) is 6.01 Å². The number of carbonyl (C=O) groups is 1. The predicted molar refractivity (Wildman–Crippen MR) is 167 cm³/mol. The van der Waals surface area contributed by atoms with Crippen LogP contribution >= 0.6 is 0 Å². The fourth-order valence-electron chi connectivity index (χ4n) is 8.95. The van der Waals surface area contributed by atoms with Crippen molar-refractivity contribution < 1.29 is 23.4 Å². The minimum atomic E-state index is -0.838. The van der Waals surface area contributed by atoms with Crippen LogP contribution in [0.2, 0.25) is 0 Å². The second-order valence-corrected chi connectivity index (χ2v) is 14.1. The number of nitrogens with one attached hydrogen (secondary N) is 1. The molecule has 1 aliphatic carbocycles. The van der Waals surface area contributed by atoms with Gasteiger partial charge in [-0.15, -0.1) is 10.2 Å². The first kappa shape index (κ1) is 28.1. The lowest BCUT2D eigenvalue weighted by atomic mass is 9.62. The molecule has 7 aliphatic rings. The Balaban J connectivity index is 1.18. The number of halogens is 1. The quantitative estimate of drug-likeness (QED) is 0.317. The second-order valence-electron chi connectivity index (χ2n) is 14.1.